The maximum Gasteiger partial charge on any atom is 0.410 e. The van der Waals surface area contributed by atoms with Crippen molar-refractivity contribution in [3.63, 3.8) is 0 Å². The third kappa shape index (κ3) is 14.0. The van der Waals surface area contributed by atoms with Crippen LogP contribution >= 0.6 is 0 Å². The van der Waals surface area contributed by atoms with Gasteiger partial charge in [-0.3, -0.25) is 9.59 Å². The first-order valence-corrected chi connectivity index (χ1v) is 44.1. The standard InChI is InChI=1S/C36H50N2O4.2C28H44N2O2.3CH4/c1-22-16-32-33(38(20-22)34(39)41-21-25-8-6-5-7-9-25)24(3)36(42-32)15-13-28-29-11-10-26-17-27(37-40)12-14-35(26,4)31(29)18-30(28)23(2)19-36;1-16-11-24-26(30-14-16)18(3)28(32-24)10-7-20-21-6-5-19-15-29-25(31)8-9-27(19,4)23(21)12-22(20)17(2)13-28;1-16-11-24-26(30-15-16)18(3)28(32-24)8-7-20-21-6-5-19-12-25(31)29-10-9-27(19,4)23(21)13-22(20)17(2)14-28;;;/h5-9,22,24,26,28-29,31-33,40H,10-21H2,1-4H3;2*16,18-21,23-24,26,30H,5-15H2,1-4H3,(H,29,31);3*1H4/t22-,24+,26+,28-,29-,31-,32+,33-,35-,36-;2*16-,18+,19+,20-,21-,23-,24+,26-,27-,28-;;;/m000.../s1. The third-order valence-corrected chi connectivity index (χ3v) is 36.1. The number of nitrogens with one attached hydrogen (secondary N) is 4. The van der Waals surface area contributed by atoms with E-state index in [1.54, 1.807) is 33.4 Å². The van der Waals surface area contributed by atoms with Gasteiger partial charge in [0.05, 0.1) is 46.9 Å². The molecule has 0 bridgehead atoms. The van der Waals surface area contributed by atoms with Crippen LogP contribution < -0.4 is 21.3 Å². The molecule has 8 heterocycles. The summed E-state index contributed by atoms with van der Waals surface area (Å²) in [6.45, 7) is 34.3. The number of carbonyl (C=O) groups is 3. The van der Waals surface area contributed by atoms with Crippen molar-refractivity contribution >= 4 is 23.6 Å². The molecule has 14 heteroatoms. The second-order valence-electron chi connectivity index (χ2n) is 41.2. The lowest BCUT2D eigenvalue weighted by Crippen LogP contribution is -2.54. The van der Waals surface area contributed by atoms with E-state index in [0.29, 0.717) is 94.5 Å². The van der Waals surface area contributed by atoms with Gasteiger partial charge in [0.2, 0.25) is 11.8 Å². The smallest absolute Gasteiger partial charge is 0.410 e. The first-order valence-electron chi connectivity index (χ1n) is 44.1. The highest BCUT2D eigenvalue weighted by Gasteiger charge is 2.65. The highest BCUT2D eigenvalue weighted by atomic mass is 16.6. The highest BCUT2D eigenvalue weighted by Crippen LogP contribution is 2.69. The van der Waals surface area contributed by atoms with E-state index in [1.165, 1.54) is 116 Å². The van der Waals surface area contributed by atoms with Crippen LogP contribution in [-0.2, 0) is 35.1 Å². The Bertz CT molecular complexity index is 3540. The number of oxime groups is 1. The van der Waals surface area contributed by atoms with Crippen molar-refractivity contribution in [3.05, 3.63) is 69.3 Å². The van der Waals surface area contributed by atoms with Gasteiger partial charge in [-0.15, -0.1) is 0 Å². The number of hydrogen-bond acceptors (Lipinski definition) is 11. The van der Waals surface area contributed by atoms with Gasteiger partial charge >= 0.3 is 6.09 Å². The lowest BCUT2D eigenvalue weighted by atomic mass is 9.52. The van der Waals surface area contributed by atoms with E-state index in [1.807, 2.05) is 35.2 Å². The minimum atomic E-state index is -0.202. The Morgan fingerprint density at radius 1 is 0.523 bits per heavy atom. The first-order chi connectivity index (χ1) is 50.8. The molecule has 3 amide bonds. The van der Waals surface area contributed by atoms with E-state index >= 15 is 0 Å². The zero-order valence-corrected chi connectivity index (χ0v) is 67.5. The number of allylic oxidation sites excluding steroid dienone is 3. The summed E-state index contributed by atoms with van der Waals surface area (Å²) in [6, 6.07) is 11.1. The molecule has 1 aromatic rings. The van der Waals surface area contributed by atoms with Crippen LogP contribution in [0.2, 0.25) is 0 Å². The topological polar surface area (TPSA) is 172 Å². The Morgan fingerprint density at radius 3 is 1.50 bits per heavy atom. The molecule has 3 spiro atoms. The van der Waals surface area contributed by atoms with Gasteiger partial charge in [0.15, 0.2) is 0 Å². The summed E-state index contributed by atoms with van der Waals surface area (Å²) in [7, 11) is 0. The number of hydrogen-bond donors (Lipinski definition) is 5. The average Bonchev–Trinajstić information content (AvgIpc) is 1.53. The van der Waals surface area contributed by atoms with Crippen molar-refractivity contribution in [1.29, 1.82) is 0 Å². The van der Waals surface area contributed by atoms with Crippen LogP contribution in [-0.4, -0.2) is 120 Å². The minimum absolute atomic E-state index is 0. The first kappa shape index (κ1) is 81.5. The fourth-order valence-corrected chi connectivity index (χ4v) is 30.1. The lowest BCUT2D eigenvalue weighted by Gasteiger charge is -2.52. The molecule has 30 atom stereocenters. The van der Waals surface area contributed by atoms with Crippen LogP contribution in [0.5, 0.6) is 0 Å². The molecule has 1 aromatic carbocycles. The number of fused-ring (bicyclic) bond motifs is 18. The van der Waals surface area contributed by atoms with Crippen molar-refractivity contribution in [2.45, 2.75) is 345 Å². The number of rotatable bonds is 2. The second-order valence-corrected chi connectivity index (χ2v) is 41.2. The molecule has 8 saturated heterocycles. The summed E-state index contributed by atoms with van der Waals surface area (Å²) in [5.74, 6) is 12.7. The van der Waals surface area contributed by atoms with Gasteiger partial charge in [-0.2, -0.15) is 0 Å². The Labute approximate surface area is 659 Å². The summed E-state index contributed by atoms with van der Waals surface area (Å²) in [4.78, 5) is 40.0. The molecule has 19 rings (SSSR count). The van der Waals surface area contributed by atoms with E-state index in [2.05, 4.69) is 110 Å². The average molecular weight is 1500 g/mol. The number of piperidine rings is 3. The van der Waals surface area contributed by atoms with Gasteiger partial charge in [0.25, 0.3) is 0 Å². The zero-order chi connectivity index (χ0) is 73.7. The summed E-state index contributed by atoms with van der Waals surface area (Å²) < 4.78 is 27.1. The highest BCUT2D eigenvalue weighted by molar-refractivity contribution is 5.85. The Hall–Kier alpha value is -4.08. The normalized spacial score (nSPS) is 48.1. The van der Waals surface area contributed by atoms with Gasteiger partial charge in [-0.1, -0.05) is 154 Å². The summed E-state index contributed by atoms with van der Waals surface area (Å²) in [5, 5.41) is 27.2. The van der Waals surface area contributed by atoms with Gasteiger partial charge in [-0.25, -0.2) is 4.79 Å². The summed E-state index contributed by atoms with van der Waals surface area (Å²) in [6.07, 6.45) is 33.2. The number of nitrogens with zero attached hydrogens (tertiary/aromatic N) is 2. The Balaban J connectivity index is 0.000000136. The van der Waals surface area contributed by atoms with E-state index in [9.17, 15) is 19.6 Å². The molecular formula is C95H150N6O8. The van der Waals surface area contributed by atoms with Gasteiger partial charge < -0.3 is 50.3 Å². The molecule has 0 aromatic heterocycles. The van der Waals surface area contributed by atoms with Crippen molar-refractivity contribution in [2.75, 3.05) is 32.7 Å². The molecule has 608 valence electrons. The Kier molecular flexibility index (Phi) is 23.3. The predicted molar refractivity (Wildman–Crippen MR) is 438 cm³/mol. The fraction of sp³-hybridized carbons (Fsp3) is 0.832. The number of carbonyl (C=O) groups excluding carboxylic acids is 3. The van der Waals surface area contributed by atoms with Crippen molar-refractivity contribution in [1.82, 2.24) is 26.2 Å². The van der Waals surface area contributed by atoms with Gasteiger partial charge in [0, 0.05) is 62.3 Å². The molecule has 5 N–H and O–H groups in total. The molecule has 109 heavy (non-hydrogen) atoms. The molecule has 0 radical (unpaired) electrons. The fourth-order valence-electron chi connectivity index (χ4n) is 30.1. The second kappa shape index (κ2) is 31.2. The van der Waals surface area contributed by atoms with Crippen LogP contribution in [0.3, 0.4) is 0 Å². The molecule has 14 nitrogen and oxygen atoms in total. The molecule has 7 saturated carbocycles. The summed E-state index contributed by atoms with van der Waals surface area (Å²) in [5.41, 5.74) is 13.2. The van der Waals surface area contributed by atoms with Crippen LogP contribution in [0, 0.1) is 123 Å². The molecule has 15 fully saturated rings. The zero-order valence-electron chi connectivity index (χ0n) is 67.5. The molecule has 18 aliphatic rings. The third-order valence-electron chi connectivity index (χ3n) is 36.1. The monoisotopic (exact) mass is 1500 g/mol. The van der Waals surface area contributed by atoms with E-state index < -0.39 is 0 Å². The number of likely N-dealkylation sites (tertiary alicyclic amines) is 1. The van der Waals surface area contributed by atoms with Crippen LogP contribution in [0.4, 0.5) is 4.79 Å². The lowest BCUT2D eigenvalue weighted by molar-refractivity contribution is -0.123. The van der Waals surface area contributed by atoms with Crippen LogP contribution in [0.15, 0.2) is 68.9 Å². The van der Waals surface area contributed by atoms with Gasteiger partial charge in [0.1, 0.15) is 6.61 Å². The van der Waals surface area contributed by atoms with E-state index in [4.69, 9.17) is 18.9 Å². The largest absolute Gasteiger partial charge is 0.445 e. The van der Waals surface area contributed by atoms with Crippen molar-refractivity contribution in [2.24, 2.45) is 128 Å². The van der Waals surface area contributed by atoms with Crippen molar-refractivity contribution < 1.29 is 38.5 Å². The van der Waals surface area contributed by atoms with Gasteiger partial charge in [-0.05, 0) is 311 Å². The molecular weight excluding hydrogens is 1350 g/mol. The van der Waals surface area contributed by atoms with Crippen LogP contribution in [0.25, 0.3) is 0 Å². The number of benzene rings is 1. The van der Waals surface area contributed by atoms with E-state index in [-0.39, 0.29) is 69.1 Å². The Morgan fingerprint density at radius 2 is 0.982 bits per heavy atom. The number of amides is 3. The predicted octanol–water partition coefficient (Wildman–Crippen LogP) is 19.6. The molecule has 10 aliphatic carbocycles. The summed E-state index contributed by atoms with van der Waals surface area (Å²) >= 11 is 0. The molecule has 8 aliphatic heterocycles. The molecule has 0 unspecified atom stereocenters. The SMILES string of the molecule is C.C.C.CC1=C2C[C@H]3[C@@H](CC[C@@H]4CC(=NO)CC[C@@]43C)[C@@H]2CC[C@@]2(C1)O[C@@H]1C[C@H](C)CN(C(=O)OCc3ccccc3)[C@H]1[C@H]2C.CC1=C2C[C@H]3[C@@H](CC[C@@H]4CC(=O)NCC[C@@]43C)[C@@H]2CC[C@@]2(C1)O[C@@H]1C[C@H](C)CN[C@H]1[C@H]2C.CC1=C2C[C@H]3[C@@H](CC[C@@H]4CNC(=O)CC[C@@]43C)[C@@H]2CC[C@@]2(C1)O[C@@H]1C[C@H](C)CN[C@H]1[C@H]2C. The maximum atomic E-state index is 13.5. The van der Waals surface area contributed by atoms with Crippen molar-refractivity contribution in [3.8, 4) is 0 Å². The minimum Gasteiger partial charge on any atom is -0.445 e. The maximum absolute atomic E-state index is 13.5. The van der Waals surface area contributed by atoms with Crippen LogP contribution in [0.1, 0.15) is 291 Å². The van der Waals surface area contributed by atoms with E-state index in [0.717, 1.165) is 167 Å². The number of ether oxygens (including phenoxy) is 4. The quantitative estimate of drug-likeness (QED) is 0.109.